The van der Waals surface area contributed by atoms with E-state index in [1.54, 1.807) is 48.4 Å². The molecule has 5 rings (SSSR count). The van der Waals surface area contributed by atoms with E-state index in [-0.39, 0.29) is 18.2 Å². The predicted molar refractivity (Wildman–Crippen MR) is 130 cm³/mol. The number of carbonyl (C=O) groups is 2. The number of benzene rings is 2. The molecule has 1 fully saturated rings. The second-order valence-electron chi connectivity index (χ2n) is 8.03. The number of rotatable bonds is 7. The molecule has 2 aromatic carbocycles. The van der Waals surface area contributed by atoms with Crippen LogP contribution in [0.2, 0.25) is 0 Å². The van der Waals surface area contributed by atoms with E-state index >= 15 is 0 Å². The van der Waals surface area contributed by atoms with Crippen molar-refractivity contribution in [2.45, 2.75) is 6.42 Å². The van der Waals surface area contributed by atoms with Crippen molar-refractivity contribution in [1.82, 2.24) is 14.5 Å². The van der Waals surface area contributed by atoms with Crippen molar-refractivity contribution in [2.24, 2.45) is 5.92 Å². The smallest absolute Gasteiger partial charge is 0.229 e. The van der Waals surface area contributed by atoms with Crippen LogP contribution in [-0.2, 0) is 9.59 Å². The SMILES string of the molecule is COc1cccc(N2CC(C(=O)Nc3ccc(Oc4cc(-n5cccc5)ncn4)cc3)CC2=O)c1. The molecule has 0 radical (unpaired) electrons. The Morgan fingerprint density at radius 2 is 1.80 bits per heavy atom. The van der Waals surface area contributed by atoms with Gasteiger partial charge in [0.2, 0.25) is 17.7 Å². The molecule has 176 valence electrons. The number of carbonyl (C=O) groups excluding carboxylic acids is 2. The molecule has 0 saturated carbocycles. The topological polar surface area (TPSA) is 98.6 Å². The highest BCUT2D eigenvalue weighted by molar-refractivity contribution is 6.03. The Balaban J connectivity index is 1.20. The van der Waals surface area contributed by atoms with Crippen LogP contribution in [0.5, 0.6) is 17.4 Å². The number of nitrogens with one attached hydrogen (secondary N) is 1. The third-order valence-corrected chi connectivity index (χ3v) is 5.70. The minimum Gasteiger partial charge on any atom is -0.497 e. The summed E-state index contributed by atoms with van der Waals surface area (Å²) in [6.45, 7) is 0.316. The number of hydrogen-bond donors (Lipinski definition) is 1. The van der Waals surface area contributed by atoms with E-state index in [0.29, 0.717) is 35.4 Å². The fourth-order valence-corrected chi connectivity index (χ4v) is 3.90. The van der Waals surface area contributed by atoms with Gasteiger partial charge in [-0.3, -0.25) is 9.59 Å². The molecule has 9 nitrogen and oxygen atoms in total. The molecule has 1 unspecified atom stereocenters. The van der Waals surface area contributed by atoms with Gasteiger partial charge in [-0.05, 0) is 48.5 Å². The minimum absolute atomic E-state index is 0.0914. The summed E-state index contributed by atoms with van der Waals surface area (Å²) in [7, 11) is 1.58. The van der Waals surface area contributed by atoms with E-state index in [4.69, 9.17) is 9.47 Å². The molecule has 9 heteroatoms. The summed E-state index contributed by atoms with van der Waals surface area (Å²) in [4.78, 5) is 35.4. The van der Waals surface area contributed by atoms with Crippen LogP contribution in [0.1, 0.15) is 6.42 Å². The summed E-state index contributed by atoms with van der Waals surface area (Å²) < 4.78 is 12.9. The Kier molecular flexibility index (Phi) is 6.13. The molecule has 0 spiro atoms. The van der Waals surface area contributed by atoms with E-state index < -0.39 is 5.92 Å². The van der Waals surface area contributed by atoms with Gasteiger partial charge in [0.25, 0.3) is 0 Å². The van der Waals surface area contributed by atoms with Gasteiger partial charge in [0.05, 0.1) is 13.0 Å². The first kappa shape index (κ1) is 22.1. The number of hydrogen-bond acceptors (Lipinski definition) is 6. The van der Waals surface area contributed by atoms with Gasteiger partial charge in [-0.15, -0.1) is 0 Å². The lowest BCUT2D eigenvalue weighted by atomic mass is 10.1. The van der Waals surface area contributed by atoms with Crippen LogP contribution in [0.15, 0.2) is 85.5 Å². The Bertz CT molecular complexity index is 1340. The average Bonchev–Trinajstić information content (AvgIpc) is 3.56. The van der Waals surface area contributed by atoms with Gasteiger partial charge < -0.3 is 24.3 Å². The number of ether oxygens (including phenoxy) is 2. The molecule has 2 aromatic heterocycles. The van der Waals surface area contributed by atoms with E-state index in [9.17, 15) is 9.59 Å². The lowest BCUT2D eigenvalue weighted by Gasteiger charge is -2.17. The highest BCUT2D eigenvalue weighted by atomic mass is 16.5. The molecule has 1 N–H and O–H groups in total. The number of methoxy groups -OCH3 is 1. The van der Waals surface area contributed by atoms with Crippen molar-refractivity contribution in [2.75, 3.05) is 23.9 Å². The standard InChI is InChI=1S/C26H23N5O4/c1-34-22-6-4-5-20(14-22)31-16-18(13-25(31)32)26(33)29-19-7-9-21(10-8-19)35-24-15-23(27-17-28-24)30-11-2-3-12-30/h2-12,14-15,17-18H,13,16H2,1H3,(H,29,33). The zero-order chi connectivity index (χ0) is 24.2. The molecule has 1 atom stereocenters. The van der Waals surface area contributed by atoms with Crippen LogP contribution < -0.4 is 19.7 Å². The van der Waals surface area contributed by atoms with Gasteiger partial charge in [-0.2, -0.15) is 0 Å². The number of amides is 2. The highest BCUT2D eigenvalue weighted by Crippen LogP contribution is 2.29. The first-order valence-electron chi connectivity index (χ1n) is 11.1. The largest absolute Gasteiger partial charge is 0.497 e. The predicted octanol–water partition coefficient (Wildman–Crippen LogP) is 4.06. The fourth-order valence-electron chi connectivity index (χ4n) is 3.90. The highest BCUT2D eigenvalue weighted by Gasteiger charge is 2.35. The second-order valence-corrected chi connectivity index (χ2v) is 8.03. The maximum atomic E-state index is 12.8. The zero-order valence-corrected chi connectivity index (χ0v) is 19.0. The minimum atomic E-state index is -0.447. The molecule has 35 heavy (non-hydrogen) atoms. The number of nitrogens with zero attached hydrogens (tertiary/aromatic N) is 4. The van der Waals surface area contributed by atoms with E-state index in [1.807, 2.05) is 47.3 Å². The molecular weight excluding hydrogens is 446 g/mol. The van der Waals surface area contributed by atoms with Crippen molar-refractivity contribution >= 4 is 23.2 Å². The first-order valence-corrected chi connectivity index (χ1v) is 11.1. The summed E-state index contributed by atoms with van der Waals surface area (Å²) >= 11 is 0. The normalized spacial score (nSPS) is 15.2. The van der Waals surface area contributed by atoms with E-state index in [1.165, 1.54) is 6.33 Å². The summed E-state index contributed by atoms with van der Waals surface area (Å²) in [6, 6.07) is 19.8. The van der Waals surface area contributed by atoms with Crippen LogP contribution in [0.25, 0.3) is 5.82 Å². The number of anilines is 2. The second kappa shape index (κ2) is 9.68. The molecular formula is C26H23N5O4. The molecule has 1 saturated heterocycles. The maximum absolute atomic E-state index is 12.8. The van der Waals surface area contributed by atoms with Gasteiger partial charge in [-0.25, -0.2) is 9.97 Å². The van der Waals surface area contributed by atoms with Crippen LogP contribution in [0.3, 0.4) is 0 Å². The Morgan fingerprint density at radius 1 is 1.00 bits per heavy atom. The molecule has 2 amide bonds. The Labute approximate surface area is 202 Å². The molecule has 1 aliphatic heterocycles. The quantitative estimate of drug-likeness (QED) is 0.438. The van der Waals surface area contributed by atoms with Crippen LogP contribution in [-0.4, -0.2) is 40.0 Å². The lowest BCUT2D eigenvalue weighted by Crippen LogP contribution is -2.28. The molecule has 3 heterocycles. The van der Waals surface area contributed by atoms with Gasteiger partial charge in [0, 0.05) is 48.9 Å². The van der Waals surface area contributed by atoms with E-state index in [0.717, 1.165) is 5.69 Å². The van der Waals surface area contributed by atoms with Crippen LogP contribution in [0.4, 0.5) is 11.4 Å². The third-order valence-electron chi connectivity index (χ3n) is 5.70. The molecule has 4 aromatic rings. The van der Waals surface area contributed by atoms with Gasteiger partial charge in [0.1, 0.15) is 23.6 Å². The Hall–Kier alpha value is -4.66. The summed E-state index contributed by atoms with van der Waals surface area (Å²) in [5.41, 5.74) is 1.33. The maximum Gasteiger partial charge on any atom is 0.229 e. The summed E-state index contributed by atoms with van der Waals surface area (Å²) in [5.74, 6) is 1.59. The summed E-state index contributed by atoms with van der Waals surface area (Å²) in [6.07, 6.45) is 5.37. The van der Waals surface area contributed by atoms with Crippen molar-refractivity contribution in [3.8, 4) is 23.2 Å². The van der Waals surface area contributed by atoms with Crippen LogP contribution in [0, 0.1) is 5.92 Å². The van der Waals surface area contributed by atoms with Crippen molar-refractivity contribution in [3.05, 3.63) is 85.5 Å². The van der Waals surface area contributed by atoms with Crippen molar-refractivity contribution < 1.29 is 19.1 Å². The van der Waals surface area contributed by atoms with Crippen molar-refractivity contribution in [3.63, 3.8) is 0 Å². The molecule has 0 bridgehead atoms. The van der Waals surface area contributed by atoms with Crippen molar-refractivity contribution in [1.29, 1.82) is 0 Å². The number of aromatic nitrogens is 3. The van der Waals surface area contributed by atoms with Gasteiger partial charge in [0.15, 0.2) is 0 Å². The average molecular weight is 470 g/mol. The van der Waals surface area contributed by atoms with Crippen LogP contribution >= 0.6 is 0 Å². The Morgan fingerprint density at radius 3 is 2.57 bits per heavy atom. The molecule has 1 aliphatic rings. The first-order chi connectivity index (χ1) is 17.1. The lowest BCUT2D eigenvalue weighted by molar-refractivity contribution is -0.122. The zero-order valence-electron chi connectivity index (χ0n) is 19.0. The van der Waals surface area contributed by atoms with E-state index in [2.05, 4.69) is 15.3 Å². The molecule has 0 aliphatic carbocycles. The fraction of sp³-hybridized carbons (Fsp3) is 0.154. The third kappa shape index (κ3) is 4.98. The van der Waals surface area contributed by atoms with Gasteiger partial charge >= 0.3 is 0 Å². The summed E-state index contributed by atoms with van der Waals surface area (Å²) in [5, 5.41) is 2.89. The van der Waals surface area contributed by atoms with Gasteiger partial charge in [-0.1, -0.05) is 6.07 Å². The monoisotopic (exact) mass is 469 g/mol.